The summed E-state index contributed by atoms with van der Waals surface area (Å²) in [5.74, 6) is -0.260. The molecule has 0 atom stereocenters. The molecular weight excluding hydrogens is 262 g/mol. The highest BCUT2D eigenvalue weighted by molar-refractivity contribution is 6.05. The maximum Gasteiger partial charge on any atom is 0.255 e. The monoisotopic (exact) mass is 273 g/mol. The number of carbonyl (C=O) groups is 1. The minimum absolute atomic E-state index is 0.260. The highest BCUT2D eigenvalue weighted by atomic mass is 16.1. The van der Waals surface area contributed by atoms with Crippen LogP contribution >= 0.6 is 0 Å². The Morgan fingerprint density at radius 1 is 1.10 bits per heavy atom. The van der Waals surface area contributed by atoms with Gasteiger partial charge < -0.3 is 5.32 Å². The van der Waals surface area contributed by atoms with Crippen LogP contribution < -0.4 is 5.32 Å². The minimum atomic E-state index is -0.260. The number of carbonyl (C=O) groups excluding carboxylic acids is 1. The second kappa shape index (κ2) is 5.43. The highest BCUT2D eigenvalue weighted by Gasteiger charge is 2.07. The van der Waals surface area contributed by atoms with Gasteiger partial charge in [-0.1, -0.05) is 24.3 Å². The fourth-order valence-electron chi connectivity index (χ4n) is 2.07. The van der Waals surface area contributed by atoms with Crippen molar-refractivity contribution in [3.05, 3.63) is 71.9 Å². The molecule has 4 heteroatoms. The van der Waals surface area contributed by atoms with Crippen molar-refractivity contribution in [2.24, 2.45) is 0 Å². The van der Waals surface area contributed by atoms with Crippen molar-refractivity contribution in [1.29, 1.82) is 5.26 Å². The highest BCUT2D eigenvalue weighted by Crippen LogP contribution is 2.17. The number of pyridine rings is 1. The zero-order chi connectivity index (χ0) is 14.7. The van der Waals surface area contributed by atoms with Crippen LogP contribution in [-0.4, -0.2) is 10.9 Å². The van der Waals surface area contributed by atoms with Crippen LogP contribution in [0.5, 0.6) is 0 Å². The average Bonchev–Trinajstić information content (AvgIpc) is 2.54. The van der Waals surface area contributed by atoms with Crippen molar-refractivity contribution in [1.82, 2.24) is 4.98 Å². The SMILES string of the molecule is N#Cc1cccc(C(=O)Nc2cnc3ccccc3c2)c1. The van der Waals surface area contributed by atoms with E-state index >= 15 is 0 Å². The van der Waals surface area contributed by atoms with Crippen LogP contribution in [-0.2, 0) is 0 Å². The Morgan fingerprint density at radius 2 is 1.95 bits per heavy atom. The summed E-state index contributed by atoms with van der Waals surface area (Å²) in [5, 5.41) is 12.6. The molecule has 0 unspecified atom stereocenters. The van der Waals surface area contributed by atoms with Crippen molar-refractivity contribution in [2.75, 3.05) is 5.32 Å². The smallest absolute Gasteiger partial charge is 0.255 e. The van der Waals surface area contributed by atoms with Crippen molar-refractivity contribution in [3.8, 4) is 6.07 Å². The fraction of sp³-hybridized carbons (Fsp3) is 0. The number of anilines is 1. The van der Waals surface area contributed by atoms with Gasteiger partial charge in [-0.05, 0) is 30.3 Å². The lowest BCUT2D eigenvalue weighted by atomic mass is 10.1. The topological polar surface area (TPSA) is 65.8 Å². The molecule has 2 aromatic carbocycles. The number of benzene rings is 2. The van der Waals surface area contributed by atoms with Crippen LogP contribution in [0.3, 0.4) is 0 Å². The third-order valence-corrected chi connectivity index (χ3v) is 3.10. The lowest BCUT2D eigenvalue weighted by Crippen LogP contribution is -2.12. The number of fused-ring (bicyclic) bond motifs is 1. The van der Waals surface area contributed by atoms with E-state index in [2.05, 4.69) is 10.3 Å². The van der Waals surface area contributed by atoms with Crippen LogP contribution in [0.2, 0.25) is 0 Å². The van der Waals surface area contributed by atoms with E-state index in [0.717, 1.165) is 10.9 Å². The van der Waals surface area contributed by atoms with Crippen LogP contribution in [0.1, 0.15) is 15.9 Å². The zero-order valence-corrected chi connectivity index (χ0v) is 11.1. The molecule has 0 aliphatic rings. The van der Waals surface area contributed by atoms with Gasteiger partial charge in [-0.25, -0.2) is 0 Å². The molecule has 0 aliphatic carbocycles. The third-order valence-electron chi connectivity index (χ3n) is 3.10. The first-order valence-electron chi connectivity index (χ1n) is 6.42. The van der Waals surface area contributed by atoms with E-state index in [1.807, 2.05) is 36.4 Å². The van der Waals surface area contributed by atoms with Gasteiger partial charge in [-0.2, -0.15) is 5.26 Å². The first-order chi connectivity index (χ1) is 10.3. The molecule has 0 bridgehead atoms. The number of nitrogens with zero attached hydrogens (tertiary/aromatic N) is 2. The molecule has 0 spiro atoms. The molecule has 0 saturated carbocycles. The van der Waals surface area contributed by atoms with E-state index < -0.39 is 0 Å². The molecule has 21 heavy (non-hydrogen) atoms. The fourth-order valence-corrected chi connectivity index (χ4v) is 2.07. The van der Waals surface area contributed by atoms with Gasteiger partial charge in [0.1, 0.15) is 0 Å². The number of nitrogens with one attached hydrogen (secondary N) is 1. The molecule has 0 saturated heterocycles. The van der Waals surface area contributed by atoms with Gasteiger partial charge in [0.15, 0.2) is 0 Å². The van der Waals surface area contributed by atoms with Crippen LogP contribution in [0.4, 0.5) is 5.69 Å². The van der Waals surface area contributed by atoms with E-state index in [1.54, 1.807) is 30.5 Å². The summed E-state index contributed by atoms with van der Waals surface area (Å²) in [7, 11) is 0. The maximum absolute atomic E-state index is 12.2. The number of hydrogen-bond acceptors (Lipinski definition) is 3. The molecule has 4 nitrogen and oxygen atoms in total. The number of hydrogen-bond donors (Lipinski definition) is 1. The summed E-state index contributed by atoms with van der Waals surface area (Å²) < 4.78 is 0. The summed E-state index contributed by atoms with van der Waals surface area (Å²) in [6.45, 7) is 0. The van der Waals surface area contributed by atoms with E-state index in [0.29, 0.717) is 16.8 Å². The van der Waals surface area contributed by atoms with Crippen molar-refractivity contribution < 1.29 is 4.79 Å². The van der Waals surface area contributed by atoms with Gasteiger partial charge in [0, 0.05) is 10.9 Å². The summed E-state index contributed by atoms with van der Waals surface area (Å²) in [5.41, 5.74) is 2.41. The zero-order valence-electron chi connectivity index (χ0n) is 11.1. The summed E-state index contributed by atoms with van der Waals surface area (Å²) in [6, 6.07) is 18.2. The molecule has 0 fully saturated rings. The molecule has 3 aromatic rings. The molecule has 1 amide bonds. The molecular formula is C17H11N3O. The summed E-state index contributed by atoms with van der Waals surface area (Å²) in [6.07, 6.45) is 1.62. The number of rotatable bonds is 2. The molecule has 1 N–H and O–H groups in total. The summed E-state index contributed by atoms with van der Waals surface area (Å²) in [4.78, 5) is 16.5. The Hall–Kier alpha value is -3.19. The quantitative estimate of drug-likeness (QED) is 0.778. The Bertz CT molecular complexity index is 865. The Balaban J connectivity index is 1.87. The van der Waals surface area contributed by atoms with Crippen molar-refractivity contribution in [2.45, 2.75) is 0 Å². The van der Waals surface area contributed by atoms with Crippen LogP contribution in [0.15, 0.2) is 60.8 Å². The van der Waals surface area contributed by atoms with Gasteiger partial charge in [-0.3, -0.25) is 9.78 Å². The first-order valence-corrected chi connectivity index (χ1v) is 6.42. The normalized spacial score (nSPS) is 10.0. The van der Waals surface area contributed by atoms with Gasteiger partial charge in [0.05, 0.1) is 29.0 Å². The van der Waals surface area contributed by atoms with E-state index in [-0.39, 0.29) is 5.91 Å². The second-order valence-corrected chi connectivity index (χ2v) is 4.56. The molecule has 1 aromatic heterocycles. The number of nitriles is 1. The largest absolute Gasteiger partial charge is 0.321 e. The minimum Gasteiger partial charge on any atom is -0.321 e. The van der Waals surface area contributed by atoms with E-state index in [1.165, 1.54) is 0 Å². The number of amides is 1. The Morgan fingerprint density at radius 3 is 2.81 bits per heavy atom. The van der Waals surface area contributed by atoms with Gasteiger partial charge in [-0.15, -0.1) is 0 Å². The maximum atomic E-state index is 12.2. The predicted octanol–water partition coefficient (Wildman–Crippen LogP) is 3.36. The van der Waals surface area contributed by atoms with Crippen LogP contribution in [0.25, 0.3) is 10.9 Å². The van der Waals surface area contributed by atoms with Gasteiger partial charge >= 0.3 is 0 Å². The third kappa shape index (κ3) is 2.72. The van der Waals surface area contributed by atoms with Crippen molar-refractivity contribution in [3.63, 3.8) is 0 Å². The van der Waals surface area contributed by atoms with Gasteiger partial charge in [0.25, 0.3) is 5.91 Å². The van der Waals surface area contributed by atoms with E-state index in [9.17, 15) is 4.79 Å². The molecule has 1 heterocycles. The van der Waals surface area contributed by atoms with Crippen LogP contribution in [0, 0.1) is 11.3 Å². The number of aromatic nitrogens is 1. The molecule has 100 valence electrons. The van der Waals surface area contributed by atoms with Gasteiger partial charge in [0.2, 0.25) is 0 Å². The lowest BCUT2D eigenvalue weighted by molar-refractivity contribution is 0.102. The second-order valence-electron chi connectivity index (χ2n) is 4.56. The molecule has 3 rings (SSSR count). The summed E-state index contributed by atoms with van der Waals surface area (Å²) >= 11 is 0. The average molecular weight is 273 g/mol. The lowest BCUT2D eigenvalue weighted by Gasteiger charge is -2.06. The molecule has 0 aliphatic heterocycles. The predicted molar refractivity (Wildman–Crippen MR) is 80.9 cm³/mol. The first kappa shape index (κ1) is 12.8. The Kier molecular flexibility index (Phi) is 3.32. The standard InChI is InChI=1S/C17H11N3O/c18-10-12-4-3-6-14(8-12)17(21)20-15-9-13-5-1-2-7-16(13)19-11-15/h1-9,11H,(H,20,21). The van der Waals surface area contributed by atoms with Crippen molar-refractivity contribution >= 4 is 22.5 Å². The molecule has 0 radical (unpaired) electrons. The Labute approximate surface area is 121 Å². The van der Waals surface area contributed by atoms with E-state index in [4.69, 9.17) is 5.26 Å². The number of para-hydroxylation sites is 1.